The number of nitrogens with two attached hydrogens (primary N) is 1. The van der Waals surface area contributed by atoms with Gasteiger partial charge in [0.25, 0.3) is 0 Å². The van der Waals surface area contributed by atoms with Crippen LogP contribution in [0.5, 0.6) is 5.75 Å². The number of phenols is 1. The number of aromatic nitrogens is 2. The predicted molar refractivity (Wildman–Crippen MR) is 67.1 cm³/mol. The first-order chi connectivity index (χ1) is 8.24. The Morgan fingerprint density at radius 3 is 2.82 bits per heavy atom. The number of benzene rings is 2. The molecule has 0 amide bonds. The summed E-state index contributed by atoms with van der Waals surface area (Å²) >= 11 is 0. The van der Waals surface area contributed by atoms with Crippen LogP contribution in [0, 0.1) is 0 Å². The number of nitrogen functional groups attached to an aromatic ring is 1. The minimum Gasteiger partial charge on any atom is -0.508 e. The lowest BCUT2D eigenvalue weighted by Crippen LogP contribution is -1.95. The van der Waals surface area contributed by atoms with E-state index in [-0.39, 0.29) is 5.75 Å². The number of hydrogen-bond donors (Lipinski definition) is 2. The fourth-order valence-electron chi connectivity index (χ4n) is 1.88. The summed E-state index contributed by atoms with van der Waals surface area (Å²) in [6, 6.07) is 12.6. The molecule has 0 unspecified atom stereocenters. The van der Waals surface area contributed by atoms with Crippen LogP contribution in [-0.4, -0.2) is 14.9 Å². The number of phenolic OH excluding ortho intramolecular Hbond substituents is 1. The van der Waals surface area contributed by atoms with E-state index in [1.54, 1.807) is 29.1 Å². The molecule has 3 N–H and O–H groups in total. The zero-order valence-corrected chi connectivity index (χ0v) is 9.04. The molecular weight excluding hydrogens is 214 g/mol. The highest BCUT2D eigenvalue weighted by atomic mass is 16.3. The van der Waals surface area contributed by atoms with Crippen molar-refractivity contribution in [3.05, 3.63) is 48.7 Å². The lowest BCUT2D eigenvalue weighted by Gasteiger charge is -2.04. The second-order valence-corrected chi connectivity index (χ2v) is 3.89. The number of nitrogens with zero attached hydrogens (tertiary/aromatic N) is 2. The van der Waals surface area contributed by atoms with Gasteiger partial charge in [-0.05, 0) is 30.3 Å². The SMILES string of the molecule is Nc1ccc2c(cnn2-c2cccc(O)c2)c1. The van der Waals surface area contributed by atoms with Crippen LogP contribution in [0.4, 0.5) is 5.69 Å². The smallest absolute Gasteiger partial charge is 0.117 e. The Balaban J connectivity index is 2.24. The van der Waals surface area contributed by atoms with Crippen LogP contribution in [0.2, 0.25) is 0 Å². The molecule has 0 aliphatic carbocycles. The van der Waals surface area contributed by atoms with Gasteiger partial charge in [-0.15, -0.1) is 0 Å². The summed E-state index contributed by atoms with van der Waals surface area (Å²) in [7, 11) is 0. The maximum Gasteiger partial charge on any atom is 0.117 e. The average Bonchev–Trinajstić information content (AvgIpc) is 2.71. The van der Waals surface area contributed by atoms with Crippen LogP contribution in [0.15, 0.2) is 48.7 Å². The van der Waals surface area contributed by atoms with Crippen LogP contribution >= 0.6 is 0 Å². The molecule has 17 heavy (non-hydrogen) atoms. The van der Waals surface area contributed by atoms with Crippen LogP contribution in [0.1, 0.15) is 0 Å². The van der Waals surface area contributed by atoms with Crippen molar-refractivity contribution in [2.75, 3.05) is 5.73 Å². The van der Waals surface area contributed by atoms with E-state index in [1.807, 2.05) is 24.3 Å². The Morgan fingerprint density at radius 2 is 2.00 bits per heavy atom. The van der Waals surface area contributed by atoms with Gasteiger partial charge < -0.3 is 10.8 Å². The normalized spacial score (nSPS) is 10.8. The van der Waals surface area contributed by atoms with Gasteiger partial charge in [0.05, 0.1) is 17.4 Å². The second kappa shape index (κ2) is 3.52. The molecular formula is C13H11N3O. The van der Waals surface area contributed by atoms with Crippen molar-refractivity contribution in [2.45, 2.75) is 0 Å². The van der Waals surface area contributed by atoms with E-state index < -0.39 is 0 Å². The van der Waals surface area contributed by atoms with Crippen molar-refractivity contribution in [1.29, 1.82) is 0 Å². The highest BCUT2D eigenvalue weighted by Gasteiger charge is 2.05. The molecule has 0 radical (unpaired) electrons. The zero-order valence-electron chi connectivity index (χ0n) is 9.04. The number of hydrogen-bond acceptors (Lipinski definition) is 3. The molecule has 0 fully saturated rings. The summed E-state index contributed by atoms with van der Waals surface area (Å²) in [6.07, 6.45) is 1.76. The van der Waals surface area contributed by atoms with E-state index in [0.29, 0.717) is 5.69 Å². The van der Waals surface area contributed by atoms with Gasteiger partial charge >= 0.3 is 0 Å². The monoisotopic (exact) mass is 225 g/mol. The molecule has 0 aliphatic heterocycles. The summed E-state index contributed by atoms with van der Waals surface area (Å²) in [5.41, 5.74) is 8.22. The van der Waals surface area contributed by atoms with Crippen molar-refractivity contribution in [3.8, 4) is 11.4 Å². The maximum atomic E-state index is 9.47. The van der Waals surface area contributed by atoms with E-state index in [4.69, 9.17) is 5.73 Å². The van der Waals surface area contributed by atoms with Gasteiger partial charge in [-0.2, -0.15) is 5.10 Å². The summed E-state index contributed by atoms with van der Waals surface area (Å²) in [4.78, 5) is 0. The van der Waals surface area contributed by atoms with Gasteiger partial charge in [0, 0.05) is 17.1 Å². The Hall–Kier alpha value is -2.49. The van der Waals surface area contributed by atoms with Crippen molar-refractivity contribution in [1.82, 2.24) is 9.78 Å². The molecule has 0 spiro atoms. The molecule has 3 rings (SSSR count). The van der Waals surface area contributed by atoms with Crippen molar-refractivity contribution in [2.24, 2.45) is 0 Å². The van der Waals surface area contributed by atoms with E-state index >= 15 is 0 Å². The minimum atomic E-state index is 0.224. The third kappa shape index (κ3) is 1.59. The van der Waals surface area contributed by atoms with Crippen LogP contribution in [0.3, 0.4) is 0 Å². The lowest BCUT2D eigenvalue weighted by molar-refractivity contribution is 0.475. The molecule has 0 saturated carbocycles. The average molecular weight is 225 g/mol. The molecule has 2 aromatic carbocycles. The zero-order chi connectivity index (χ0) is 11.8. The van der Waals surface area contributed by atoms with Gasteiger partial charge in [0.1, 0.15) is 5.75 Å². The molecule has 0 atom stereocenters. The van der Waals surface area contributed by atoms with Crippen molar-refractivity contribution >= 4 is 16.6 Å². The standard InChI is InChI=1S/C13H11N3O/c14-10-4-5-13-9(6-10)8-15-16(13)11-2-1-3-12(17)7-11/h1-8,17H,14H2. The third-order valence-electron chi connectivity index (χ3n) is 2.67. The molecule has 84 valence electrons. The summed E-state index contributed by atoms with van der Waals surface area (Å²) in [5, 5.41) is 14.7. The molecule has 1 heterocycles. The van der Waals surface area contributed by atoms with Gasteiger partial charge in [-0.1, -0.05) is 6.07 Å². The molecule has 0 saturated heterocycles. The third-order valence-corrected chi connectivity index (χ3v) is 2.67. The highest BCUT2D eigenvalue weighted by Crippen LogP contribution is 2.22. The van der Waals surface area contributed by atoms with Gasteiger partial charge in [-0.25, -0.2) is 4.68 Å². The number of anilines is 1. The largest absolute Gasteiger partial charge is 0.508 e. The fourth-order valence-corrected chi connectivity index (χ4v) is 1.88. The Morgan fingerprint density at radius 1 is 1.12 bits per heavy atom. The quantitative estimate of drug-likeness (QED) is 0.624. The fraction of sp³-hybridized carbons (Fsp3) is 0. The van der Waals surface area contributed by atoms with Crippen LogP contribution in [0.25, 0.3) is 16.6 Å². The number of rotatable bonds is 1. The van der Waals surface area contributed by atoms with Crippen molar-refractivity contribution in [3.63, 3.8) is 0 Å². The van der Waals surface area contributed by atoms with Gasteiger partial charge in [0.15, 0.2) is 0 Å². The summed E-state index contributed by atoms with van der Waals surface area (Å²) in [6.45, 7) is 0. The molecule has 3 aromatic rings. The first kappa shape index (κ1) is 9.72. The molecule has 0 aliphatic rings. The molecule has 4 nitrogen and oxygen atoms in total. The predicted octanol–water partition coefficient (Wildman–Crippen LogP) is 2.31. The first-order valence-electron chi connectivity index (χ1n) is 5.27. The molecule has 0 bridgehead atoms. The van der Waals surface area contributed by atoms with Gasteiger partial charge in [0.2, 0.25) is 0 Å². The number of aromatic hydroxyl groups is 1. The Labute approximate surface area is 97.9 Å². The minimum absolute atomic E-state index is 0.224. The Kier molecular flexibility index (Phi) is 2.01. The van der Waals surface area contributed by atoms with Crippen LogP contribution < -0.4 is 5.73 Å². The van der Waals surface area contributed by atoms with E-state index in [9.17, 15) is 5.11 Å². The van der Waals surface area contributed by atoms with Gasteiger partial charge in [-0.3, -0.25) is 0 Å². The molecule has 4 heteroatoms. The summed E-state index contributed by atoms with van der Waals surface area (Å²) < 4.78 is 1.77. The summed E-state index contributed by atoms with van der Waals surface area (Å²) in [5.74, 6) is 0.224. The number of fused-ring (bicyclic) bond motifs is 1. The van der Waals surface area contributed by atoms with E-state index in [2.05, 4.69) is 5.10 Å². The van der Waals surface area contributed by atoms with E-state index in [0.717, 1.165) is 16.6 Å². The highest BCUT2D eigenvalue weighted by molar-refractivity contribution is 5.83. The topological polar surface area (TPSA) is 64.1 Å². The van der Waals surface area contributed by atoms with E-state index in [1.165, 1.54) is 0 Å². The molecule has 1 aromatic heterocycles. The van der Waals surface area contributed by atoms with Crippen LogP contribution in [-0.2, 0) is 0 Å². The Bertz CT molecular complexity index is 688. The first-order valence-corrected chi connectivity index (χ1v) is 5.27. The lowest BCUT2D eigenvalue weighted by atomic mass is 10.2. The maximum absolute atomic E-state index is 9.47. The van der Waals surface area contributed by atoms with Crippen molar-refractivity contribution < 1.29 is 5.11 Å². The second-order valence-electron chi connectivity index (χ2n) is 3.89.